The summed E-state index contributed by atoms with van der Waals surface area (Å²) in [4.78, 5) is 55.3. The Morgan fingerprint density at radius 2 is 2.16 bits per heavy atom. The number of aryl methyl sites for hydroxylation is 1. The van der Waals surface area contributed by atoms with Gasteiger partial charge in [-0.3, -0.25) is 29.1 Å². The van der Waals surface area contributed by atoms with Crippen molar-refractivity contribution in [2.75, 3.05) is 11.1 Å². The highest BCUT2D eigenvalue weighted by Crippen LogP contribution is 2.39. The second kappa shape index (κ2) is 10.5. The summed E-state index contributed by atoms with van der Waals surface area (Å²) in [5.74, 6) is -0.948. The molecule has 13 heteroatoms. The van der Waals surface area contributed by atoms with Crippen molar-refractivity contribution in [3.63, 3.8) is 0 Å². The first-order valence-corrected chi connectivity index (χ1v) is 14.2. The van der Waals surface area contributed by atoms with Crippen molar-refractivity contribution >= 4 is 67.2 Å². The maximum atomic E-state index is 13.5. The van der Waals surface area contributed by atoms with Gasteiger partial charge >= 0.3 is 0 Å². The predicted molar refractivity (Wildman–Crippen MR) is 150 cm³/mol. The first-order valence-electron chi connectivity index (χ1n) is 11.5. The van der Waals surface area contributed by atoms with Gasteiger partial charge in [-0.15, -0.1) is 29.3 Å². The van der Waals surface area contributed by atoms with Gasteiger partial charge in [0.2, 0.25) is 5.91 Å². The van der Waals surface area contributed by atoms with Gasteiger partial charge in [-0.2, -0.15) is 0 Å². The van der Waals surface area contributed by atoms with Gasteiger partial charge in [-0.1, -0.05) is 30.0 Å². The number of thioether (sulfide) groups is 1. The number of allylic oxidation sites excluding steroid dienone is 1. The molecule has 1 aromatic carbocycles. The Balaban J connectivity index is 1.43. The van der Waals surface area contributed by atoms with Crippen LogP contribution in [0.15, 0.2) is 52.3 Å². The lowest BCUT2D eigenvalue weighted by molar-refractivity contribution is -0.384. The molecule has 0 unspecified atom stereocenters. The zero-order valence-corrected chi connectivity index (χ0v) is 22.3. The molecule has 3 aromatic heterocycles. The molecule has 3 N–H and O–H groups in total. The third kappa shape index (κ3) is 4.75. The van der Waals surface area contributed by atoms with Crippen molar-refractivity contribution in [1.29, 1.82) is 0 Å². The van der Waals surface area contributed by atoms with Gasteiger partial charge in [0.25, 0.3) is 17.2 Å². The summed E-state index contributed by atoms with van der Waals surface area (Å²) in [5, 5.41) is 16.9. The first-order chi connectivity index (χ1) is 18.3. The van der Waals surface area contributed by atoms with Crippen molar-refractivity contribution < 1.29 is 14.5 Å². The number of primary amides is 1. The van der Waals surface area contributed by atoms with Crippen LogP contribution in [0, 0.1) is 10.1 Å². The van der Waals surface area contributed by atoms with E-state index in [4.69, 9.17) is 5.73 Å². The number of anilines is 1. The number of fused-ring (bicyclic) bond motifs is 2. The number of hydrogen-bond acceptors (Lipinski definition) is 9. The maximum absolute atomic E-state index is 13.5. The molecule has 2 amide bonds. The van der Waals surface area contributed by atoms with Crippen LogP contribution < -0.4 is 16.6 Å². The Hall–Kier alpha value is -3.81. The van der Waals surface area contributed by atoms with E-state index < -0.39 is 10.8 Å². The Kier molecular flexibility index (Phi) is 7.15. The molecular weight excluding hydrogens is 547 g/mol. The molecule has 0 bridgehead atoms. The fraction of sp³-hybridized carbons (Fsp3) is 0.200. The fourth-order valence-corrected chi connectivity index (χ4v) is 7.56. The van der Waals surface area contributed by atoms with E-state index in [0.29, 0.717) is 37.1 Å². The van der Waals surface area contributed by atoms with Crippen LogP contribution in [-0.2, 0) is 24.2 Å². The lowest BCUT2D eigenvalue weighted by atomic mass is 10.1. The number of carbonyl (C=O) groups is 2. The Bertz CT molecular complexity index is 1690. The molecule has 1 aliphatic rings. The Morgan fingerprint density at radius 1 is 1.34 bits per heavy atom. The quantitative estimate of drug-likeness (QED) is 0.0986. The standard InChI is InChI=1S/C25H21N5O5S3/c1-2-9-29-24(33)20-16(13-5-3-6-14(10-13)30(34)35)11-36-22(20)28-25(29)37-12-18(31)27-23-19(21(26)32)15-7-4-8-17(15)38-23/h2-3,5-6,10-11H,1,4,7-9,12H2,(H2,26,32)(H,27,31). The van der Waals surface area contributed by atoms with Gasteiger partial charge < -0.3 is 11.1 Å². The first kappa shape index (κ1) is 25.8. The molecule has 4 aromatic rings. The fourth-order valence-electron chi connectivity index (χ4n) is 4.45. The summed E-state index contributed by atoms with van der Waals surface area (Å²) in [5.41, 5.74) is 7.60. The molecule has 0 atom stereocenters. The number of non-ortho nitro benzene ring substituents is 1. The summed E-state index contributed by atoms with van der Waals surface area (Å²) in [7, 11) is 0. The molecule has 0 spiro atoms. The average Bonchev–Trinajstić information content (AvgIpc) is 3.59. The van der Waals surface area contributed by atoms with Crippen molar-refractivity contribution in [1.82, 2.24) is 9.55 Å². The number of benzene rings is 1. The molecule has 0 saturated heterocycles. The van der Waals surface area contributed by atoms with Crippen molar-refractivity contribution in [3.8, 4) is 11.1 Å². The molecule has 10 nitrogen and oxygen atoms in total. The van der Waals surface area contributed by atoms with Crippen LogP contribution in [0.2, 0.25) is 0 Å². The lowest BCUT2D eigenvalue weighted by Crippen LogP contribution is -2.24. The largest absolute Gasteiger partial charge is 0.365 e. The molecular formula is C25H21N5O5S3. The number of carbonyl (C=O) groups excluding carboxylic acids is 2. The van der Waals surface area contributed by atoms with Crippen molar-refractivity contribution in [3.05, 3.63) is 78.8 Å². The van der Waals surface area contributed by atoms with Crippen LogP contribution in [0.4, 0.5) is 10.7 Å². The van der Waals surface area contributed by atoms with E-state index in [2.05, 4.69) is 16.9 Å². The molecule has 38 heavy (non-hydrogen) atoms. The third-order valence-electron chi connectivity index (χ3n) is 6.09. The zero-order chi connectivity index (χ0) is 27.0. The predicted octanol–water partition coefficient (Wildman–Crippen LogP) is 4.60. The molecule has 0 aliphatic heterocycles. The SMILES string of the molecule is C=CCn1c(SCC(=O)Nc2sc3c(c2C(N)=O)CCC3)nc2scc(-c3cccc([N+](=O)[O-])c3)c2c1=O. The van der Waals surface area contributed by atoms with E-state index in [9.17, 15) is 24.5 Å². The third-order valence-corrected chi connectivity index (χ3v) is 9.15. The topological polar surface area (TPSA) is 150 Å². The van der Waals surface area contributed by atoms with Crippen LogP contribution >= 0.6 is 34.4 Å². The number of thiophene rings is 2. The second-order valence-electron chi connectivity index (χ2n) is 8.50. The van der Waals surface area contributed by atoms with Crippen LogP contribution in [0.25, 0.3) is 21.3 Å². The number of aromatic nitrogens is 2. The van der Waals surface area contributed by atoms with Crippen molar-refractivity contribution in [2.45, 2.75) is 31.0 Å². The molecule has 0 fully saturated rings. The number of rotatable bonds is 9. The number of nitrogens with two attached hydrogens (primary N) is 1. The molecule has 0 saturated carbocycles. The minimum absolute atomic E-state index is 0.0427. The van der Waals surface area contributed by atoms with E-state index in [1.807, 2.05) is 0 Å². The van der Waals surface area contributed by atoms with Gasteiger partial charge in [0.05, 0.1) is 21.6 Å². The van der Waals surface area contributed by atoms with E-state index in [-0.39, 0.29) is 29.5 Å². The number of nitro groups is 1. The van der Waals surface area contributed by atoms with Crippen LogP contribution in [0.5, 0.6) is 0 Å². The van der Waals surface area contributed by atoms with Crippen molar-refractivity contribution in [2.24, 2.45) is 5.73 Å². The number of nitro benzene ring substituents is 1. The normalized spacial score (nSPS) is 12.4. The average molecular weight is 568 g/mol. The second-order valence-corrected chi connectivity index (χ2v) is 11.4. The molecule has 194 valence electrons. The smallest absolute Gasteiger partial charge is 0.270 e. The Labute approximate surface area is 228 Å². The van der Waals surface area contributed by atoms with E-state index >= 15 is 0 Å². The summed E-state index contributed by atoms with van der Waals surface area (Å²) in [6.45, 7) is 3.89. The van der Waals surface area contributed by atoms with E-state index in [1.54, 1.807) is 23.6 Å². The highest BCUT2D eigenvalue weighted by atomic mass is 32.2. The number of hydrogen-bond donors (Lipinski definition) is 2. The summed E-state index contributed by atoms with van der Waals surface area (Å²) < 4.78 is 1.43. The number of nitrogens with one attached hydrogen (secondary N) is 1. The molecule has 0 radical (unpaired) electrons. The highest BCUT2D eigenvalue weighted by Gasteiger charge is 2.26. The highest BCUT2D eigenvalue weighted by molar-refractivity contribution is 7.99. The monoisotopic (exact) mass is 567 g/mol. The number of amides is 2. The van der Waals surface area contributed by atoms with Gasteiger partial charge in [0, 0.05) is 34.5 Å². The molecule has 5 rings (SSSR count). The zero-order valence-electron chi connectivity index (χ0n) is 19.9. The van der Waals surface area contributed by atoms with Crippen LogP contribution in [0.3, 0.4) is 0 Å². The van der Waals surface area contributed by atoms with Crippen LogP contribution in [-0.4, -0.2) is 32.0 Å². The van der Waals surface area contributed by atoms with Gasteiger partial charge in [0.15, 0.2) is 5.16 Å². The van der Waals surface area contributed by atoms with E-state index in [0.717, 1.165) is 41.5 Å². The van der Waals surface area contributed by atoms with E-state index in [1.165, 1.54) is 39.4 Å². The maximum Gasteiger partial charge on any atom is 0.270 e. The van der Waals surface area contributed by atoms with Gasteiger partial charge in [-0.05, 0) is 30.4 Å². The lowest BCUT2D eigenvalue weighted by Gasteiger charge is -2.11. The summed E-state index contributed by atoms with van der Waals surface area (Å²) in [6.07, 6.45) is 4.16. The number of nitrogens with zero attached hydrogens (tertiary/aromatic N) is 3. The molecule has 1 aliphatic carbocycles. The molecule has 3 heterocycles. The minimum Gasteiger partial charge on any atom is -0.365 e. The Morgan fingerprint density at radius 3 is 2.89 bits per heavy atom. The van der Waals surface area contributed by atoms with Crippen LogP contribution in [0.1, 0.15) is 27.2 Å². The van der Waals surface area contributed by atoms with Gasteiger partial charge in [-0.25, -0.2) is 4.98 Å². The minimum atomic E-state index is -0.559. The van der Waals surface area contributed by atoms with Gasteiger partial charge in [0.1, 0.15) is 9.83 Å². The summed E-state index contributed by atoms with van der Waals surface area (Å²) in [6, 6.07) is 6.09. The summed E-state index contributed by atoms with van der Waals surface area (Å²) >= 11 is 3.73.